The number of nitrogens with zero attached hydrogens (tertiary/aromatic N) is 2. The molecule has 0 bridgehead atoms. The number of carboxylic acid groups (broad SMARTS) is 1. The quantitative estimate of drug-likeness (QED) is 0.533. The summed E-state index contributed by atoms with van der Waals surface area (Å²) in [5.41, 5.74) is 5.58. The van der Waals surface area contributed by atoms with Crippen molar-refractivity contribution in [3.8, 4) is 5.69 Å². The number of aryl methyl sites for hydroxylation is 1. The summed E-state index contributed by atoms with van der Waals surface area (Å²) >= 11 is 12.3. The van der Waals surface area contributed by atoms with Crippen LogP contribution in [0.15, 0.2) is 47.5 Å². The van der Waals surface area contributed by atoms with Crippen LogP contribution >= 0.6 is 23.2 Å². The van der Waals surface area contributed by atoms with Gasteiger partial charge in [0.1, 0.15) is 0 Å². The van der Waals surface area contributed by atoms with Crippen LogP contribution in [0, 0.1) is 20.8 Å². The van der Waals surface area contributed by atoms with Gasteiger partial charge in [0.25, 0.3) is 0 Å². The predicted molar refractivity (Wildman–Crippen MR) is 111 cm³/mol. The van der Waals surface area contributed by atoms with Crippen molar-refractivity contribution in [2.75, 3.05) is 0 Å². The Labute approximate surface area is 167 Å². The van der Waals surface area contributed by atoms with E-state index in [-0.39, 0.29) is 10.6 Å². The van der Waals surface area contributed by atoms with Crippen LogP contribution in [-0.4, -0.2) is 21.9 Å². The molecule has 0 saturated heterocycles. The molecule has 0 fully saturated rings. The highest BCUT2D eigenvalue weighted by molar-refractivity contribution is 6.33. The zero-order valence-corrected chi connectivity index (χ0v) is 16.6. The summed E-state index contributed by atoms with van der Waals surface area (Å²) in [4.78, 5) is 15.7. The van der Waals surface area contributed by atoms with Gasteiger partial charge in [-0.25, -0.2) is 4.79 Å². The second-order valence-electron chi connectivity index (χ2n) is 6.27. The van der Waals surface area contributed by atoms with Crippen LogP contribution in [-0.2, 0) is 0 Å². The van der Waals surface area contributed by atoms with E-state index in [9.17, 15) is 4.79 Å². The number of aromatic carboxylic acids is 1. The molecule has 1 heterocycles. The van der Waals surface area contributed by atoms with Gasteiger partial charge in [-0.3, -0.25) is 4.99 Å². The lowest BCUT2D eigenvalue weighted by Crippen LogP contribution is -2.02. The third kappa shape index (κ3) is 3.77. The minimum absolute atomic E-state index is 0.0843. The Kier molecular flexibility index (Phi) is 5.40. The second kappa shape index (κ2) is 7.59. The van der Waals surface area contributed by atoms with Gasteiger partial charge >= 0.3 is 5.97 Å². The summed E-state index contributed by atoms with van der Waals surface area (Å²) in [6.07, 6.45) is 1.81. The summed E-state index contributed by atoms with van der Waals surface area (Å²) < 4.78 is 2.02. The number of carbonyl (C=O) groups is 1. The normalized spacial score (nSPS) is 11.3. The molecular formula is C21H18Cl2N2O2. The molecule has 6 heteroatoms. The molecular weight excluding hydrogens is 383 g/mol. The number of aliphatic imine (C=N–C) groups is 1. The minimum atomic E-state index is -1.04. The molecule has 0 radical (unpaired) electrons. The monoisotopic (exact) mass is 400 g/mol. The van der Waals surface area contributed by atoms with Gasteiger partial charge in [-0.05, 0) is 62.7 Å². The van der Waals surface area contributed by atoms with Crippen molar-refractivity contribution in [1.82, 2.24) is 4.57 Å². The number of hydrogen-bond donors (Lipinski definition) is 1. The molecule has 0 aliphatic rings. The Bertz CT molecular complexity index is 1070. The van der Waals surface area contributed by atoms with Crippen molar-refractivity contribution in [2.45, 2.75) is 20.8 Å². The summed E-state index contributed by atoms with van der Waals surface area (Å²) in [5, 5.41) is 10.0. The van der Waals surface area contributed by atoms with Crippen LogP contribution in [0.25, 0.3) is 5.69 Å². The van der Waals surface area contributed by atoms with E-state index in [1.54, 1.807) is 12.1 Å². The lowest BCUT2D eigenvalue weighted by molar-refractivity contribution is 0.0697. The molecule has 0 aliphatic carbocycles. The topological polar surface area (TPSA) is 54.6 Å². The Balaban J connectivity index is 2.00. The van der Waals surface area contributed by atoms with Crippen molar-refractivity contribution < 1.29 is 9.90 Å². The molecule has 2 aromatic carbocycles. The molecule has 27 heavy (non-hydrogen) atoms. The number of carboxylic acids is 1. The first-order chi connectivity index (χ1) is 12.8. The summed E-state index contributed by atoms with van der Waals surface area (Å²) in [7, 11) is 0. The number of rotatable bonds is 4. The van der Waals surface area contributed by atoms with Gasteiger partial charge < -0.3 is 9.67 Å². The number of aromatic nitrogens is 1. The van der Waals surface area contributed by atoms with Gasteiger partial charge in [0.05, 0.1) is 16.3 Å². The second-order valence-corrected chi connectivity index (χ2v) is 7.09. The predicted octanol–water partition coefficient (Wildman–Crippen LogP) is 6.16. The molecule has 1 N–H and O–H groups in total. The van der Waals surface area contributed by atoms with Crippen LogP contribution in [0.4, 0.5) is 5.69 Å². The zero-order chi connectivity index (χ0) is 19.7. The molecule has 138 valence electrons. The minimum Gasteiger partial charge on any atom is -0.478 e. The van der Waals surface area contributed by atoms with E-state index in [4.69, 9.17) is 28.3 Å². The van der Waals surface area contributed by atoms with E-state index in [1.807, 2.05) is 55.8 Å². The van der Waals surface area contributed by atoms with Gasteiger partial charge in [0.15, 0.2) is 0 Å². The molecule has 0 unspecified atom stereocenters. The highest BCUT2D eigenvalue weighted by atomic mass is 35.5. The molecule has 0 spiro atoms. The largest absolute Gasteiger partial charge is 0.478 e. The standard InChI is InChI=1S/C21H18Cl2N2O2/c1-12-9-15(11-24-20-6-4-5-18(22)13(20)2)14(3)25(12)16-7-8-17(21(26)27)19(23)10-16/h4-11H,1-3H3,(H,26,27). The first kappa shape index (κ1) is 19.2. The zero-order valence-electron chi connectivity index (χ0n) is 15.1. The molecule has 0 atom stereocenters. The van der Waals surface area contributed by atoms with Crippen molar-refractivity contribution >= 4 is 41.1 Å². The third-order valence-electron chi connectivity index (χ3n) is 4.49. The molecule has 0 saturated carbocycles. The maximum Gasteiger partial charge on any atom is 0.337 e. The van der Waals surface area contributed by atoms with Crippen molar-refractivity contribution in [3.63, 3.8) is 0 Å². The Morgan fingerprint density at radius 1 is 1.07 bits per heavy atom. The number of halogens is 2. The van der Waals surface area contributed by atoms with Crippen molar-refractivity contribution in [2.24, 2.45) is 4.99 Å². The van der Waals surface area contributed by atoms with E-state index >= 15 is 0 Å². The lowest BCUT2D eigenvalue weighted by atomic mass is 10.2. The van der Waals surface area contributed by atoms with Crippen LogP contribution in [0.2, 0.25) is 10.0 Å². The SMILES string of the molecule is Cc1c(Cl)cccc1N=Cc1cc(C)n(-c2ccc(C(=O)O)c(Cl)c2)c1C. The molecule has 1 aromatic heterocycles. The van der Waals surface area contributed by atoms with Crippen molar-refractivity contribution in [3.05, 3.63) is 80.6 Å². The van der Waals surface area contributed by atoms with Gasteiger partial charge in [0, 0.05) is 33.9 Å². The third-order valence-corrected chi connectivity index (χ3v) is 5.22. The fourth-order valence-electron chi connectivity index (χ4n) is 3.01. The average Bonchev–Trinajstić information content (AvgIpc) is 2.89. The van der Waals surface area contributed by atoms with E-state index < -0.39 is 5.97 Å². The van der Waals surface area contributed by atoms with E-state index in [0.717, 1.165) is 33.9 Å². The van der Waals surface area contributed by atoms with Gasteiger partial charge in [-0.1, -0.05) is 29.3 Å². The Morgan fingerprint density at radius 3 is 2.48 bits per heavy atom. The fraction of sp³-hybridized carbons (Fsp3) is 0.143. The van der Waals surface area contributed by atoms with Crippen LogP contribution in [0.1, 0.15) is 32.9 Å². The molecule has 0 aliphatic heterocycles. The molecule has 3 rings (SSSR count). The summed E-state index contributed by atoms with van der Waals surface area (Å²) in [6.45, 7) is 5.90. The van der Waals surface area contributed by atoms with E-state index in [1.165, 1.54) is 6.07 Å². The van der Waals surface area contributed by atoms with E-state index in [0.29, 0.717) is 5.02 Å². The molecule has 3 aromatic rings. The van der Waals surface area contributed by atoms with Crippen molar-refractivity contribution in [1.29, 1.82) is 0 Å². The highest BCUT2D eigenvalue weighted by Crippen LogP contribution is 2.27. The van der Waals surface area contributed by atoms with Gasteiger partial charge in [-0.2, -0.15) is 0 Å². The first-order valence-electron chi connectivity index (χ1n) is 8.31. The number of benzene rings is 2. The number of hydrogen-bond acceptors (Lipinski definition) is 2. The Hall–Kier alpha value is -2.56. The summed E-state index contributed by atoms with van der Waals surface area (Å²) in [5.74, 6) is -1.04. The van der Waals surface area contributed by atoms with E-state index in [2.05, 4.69) is 4.99 Å². The highest BCUT2D eigenvalue weighted by Gasteiger charge is 2.13. The van der Waals surface area contributed by atoms with Gasteiger partial charge in [-0.15, -0.1) is 0 Å². The first-order valence-corrected chi connectivity index (χ1v) is 9.06. The fourth-order valence-corrected chi connectivity index (χ4v) is 3.43. The average molecular weight is 401 g/mol. The van der Waals surface area contributed by atoms with Crippen LogP contribution < -0.4 is 0 Å². The molecule has 0 amide bonds. The van der Waals surface area contributed by atoms with Gasteiger partial charge in [0.2, 0.25) is 0 Å². The Morgan fingerprint density at radius 2 is 1.81 bits per heavy atom. The smallest absolute Gasteiger partial charge is 0.337 e. The van der Waals surface area contributed by atoms with Crippen LogP contribution in [0.3, 0.4) is 0 Å². The maximum absolute atomic E-state index is 11.2. The molecule has 4 nitrogen and oxygen atoms in total. The summed E-state index contributed by atoms with van der Waals surface area (Å²) in [6, 6.07) is 12.6. The van der Waals surface area contributed by atoms with Crippen LogP contribution in [0.5, 0.6) is 0 Å². The maximum atomic E-state index is 11.2. The lowest BCUT2D eigenvalue weighted by Gasteiger charge is -2.11.